The second-order valence-electron chi connectivity index (χ2n) is 4.85. The van der Waals surface area contributed by atoms with Crippen molar-refractivity contribution in [2.75, 3.05) is 0 Å². The fourth-order valence-corrected chi connectivity index (χ4v) is 2.14. The average Bonchev–Trinajstić information content (AvgIpc) is 3.12. The van der Waals surface area contributed by atoms with Gasteiger partial charge in [-0.1, -0.05) is 12.1 Å². The van der Waals surface area contributed by atoms with Gasteiger partial charge in [-0.15, -0.1) is 5.10 Å². The summed E-state index contributed by atoms with van der Waals surface area (Å²) in [4.78, 5) is 17.9. The van der Waals surface area contributed by atoms with E-state index in [1.54, 1.807) is 0 Å². The zero-order chi connectivity index (χ0) is 17.5. The van der Waals surface area contributed by atoms with E-state index in [1.165, 1.54) is 36.4 Å². The summed E-state index contributed by atoms with van der Waals surface area (Å²) in [6.07, 6.45) is -2.07. The summed E-state index contributed by atoms with van der Waals surface area (Å²) in [5.41, 5.74) is -0.684. The Labute approximate surface area is 132 Å². The molecule has 0 saturated carbocycles. The van der Waals surface area contributed by atoms with Crippen molar-refractivity contribution in [1.82, 2.24) is 24.3 Å². The van der Waals surface area contributed by atoms with Gasteiger partial charge in [-0.05, 0) is 22.0 Å². The summed E-state index contributed by atoms with van der Waals surface area (Å²) in [5, 5.41) is 15.0. The molecular formula is C13H9F3N6O2. The number of nitro groups is 1. The highest BCUT2D eigenvalue weighted by molar-refractivity contribution is 5.56. The molecule has 0 aliphatic heterocycles. The summed E-state index contributed by atoms with van der Waals surface area (Å²) in [7, 11) is 1.53. The maximum absolute atomic E-state index is 12.8. The van der Waals surface area contributed by atoms with Crippen LogP contribution in [0.5, 0.6) is 0 Å². The third-order valence-electron chi connectivity index (χ3n) is 3.22. The molecule has 0 aliphatic carbocycles. The lowest BCUT2D eigenvalue weighted by Crippen LogP contribution is -2.05. The zero-order valence-electron chi connectivity index (χ0n) is 12.1. The Kier molecular flexibility index (Phi) is 3.55. The molecular weight excluding hydrogens is 329 g/mol. The molecule has 0 radical (unpaired) electrons. The summed E-state index contributed by atoms with van der Waals surface area (Å²) in [5.74, 6) is -0.375. The molecule has 0 spiro atoms. The predicted octanol–water partition coefficient (Wildman–Crippen LogP) is 2.59. The Hall–Kier alpha value is -3.24. The van der Waals surface area contributed by atoms with Gasteiger partial charge in [0.15, 0.2) is 5.82 Å². The molecule has 0 unspecified atom stereocenters. The van der Waals surface area contributed by atoms with Gasteiger partial charge in [-0.25, -0.2) is 4.98 Å². The summed E-state index contributed by atoms with van der Waals surface area (Å²) < 4.78 is 40.8. The number of aromatic nitrogens is 5. The van der Waals surface area contributed by atoms with Crippen molar-refractivity contribution in [3.05, 3.63) is 52.6 Å². The van der Waals surface area contributed by atoms with Crippen LogP contribution in [0.1, 0.15) is 5.56 Å². The standard InChI is InChI=1S/C13H9F3N6O2/c1-20-6-18-11(22(23)24)12(20)21-7-17-10(19-21)8-3-2-4-9(5-8)13(14,15)16/h2-7H,1H3. The second-order valence-corrected chi connectivity index (χ2v) is 4.85. The third kappa shape index (κ3) is 2.71. The Balaban J connectivity index is 2.04. The van der Waals surface area contributed by atoms with E-state index in [2.05, 4.69) is 15.1 Å². The highest BCUT2D eigenvalue weighted by atomic mass is 19.4. The molecule has 1 aromatic carbocycles. The first kappa shape index (κ1) is 15.6. The molecule has 0 N–H and O–H groups in total. The molecule has 0 bridgehead atoms. The van der Waals surface area contributed by atoms with Crippen LogP contribution in [0.25, 0.3) is 17.2 Å². The molecule has 0 aliphatic rings. The van der Waals surface area contributed by atoms with E-state index in [-0.39, 0.29) is 17.2 Å². The summed E-state index contributed by atoms with van der Waals surface area (Å²) in [6.45, 7) is 0. The van der Waals surface area contributed by atoms with Crippen LogP contribution in [-0.2, 0) is 13.2 Å². The van der Waals surface area contributed by atoms with E-state index < -0.39 is 22.5 Å². The minimum Gasteiger partial charge on any atom is -0.358 e. The van der Waals surface area contributed by atoms with Crippen LogP contribution in [0.3, 0.4) is 0 Å². The molecule has 0 saturated heterocycles. The van der Waals surface area contributed by atoms with E-state index >= 15 is 0 Å². The molecule has 2 heterocycles. The van der Waals surface area contributed by atoms with Crippen LogP contribution in [0, 0.1) is 10.1 Å². The Bertz CT molecular complexity index is 915. The predicted molar refractivity (Wildman–Crippen MR) is 75.2 cm³/mol. The number of alkyl halides is 3. The quantitative estimate of drug-likeness (QED) is 0.541. The Morgan fingerprint density at radius 1 is 1.21 bits per heavy atom. The second kappa shape index (κ2) is 5.44. The van der Waals surface area contributed by atoms with E-state index in [0.29, 0.717) is 0 Å². The average molecular weight is 338 g/mol. The first-order valence-electron chi connectivity index (χ1n) is 6.53. The zero-order valence-corrected chi connectivity index (χ0v) is 12.1. The van der Waals surface area contributed by atoms with Gasteiger partial charge in [0.2, 0.25) is 12.1 Å². The molecule has 0 fully saturated rings. The van der Waals surface area contributed by atoms with Gasteiger partial charge in [0, 0.05) is 12.6 Å². The number of rotatable bonds is 3. The highest BCUT2D eigenvalue weighted by Crippen LogP contribution is 2.31. The highest BCUT2D eigenvalue weighted by Gasteiger charge is 2.31. The number of nitrogens with zero attached hydrogens (tertiary/aromatic N) is 6. The molecule has 3 rings (SSSR count). The van der Waals surface area contributed by atoms with Crippen molar-refractivity contribution in [3.63, 3.8) is 0 Å². The van der Waals surface area contributed by atoms with E-state index in [4.69, 9.17) is 0 Å². The van der Waals surface area contributed by atoms with Crippen LogP contribution in [0.15, 0.2) is 36.9 Å². The minimum atomic E-state index is -4.49. The number of halogens is 3. The number of hydrogen-bond donors (Lipinski definition) is 0. The fourth-order valence-electron chi connectivity index (χ4n) is 2.14. The first-order chi connectivity index (χ1) is 11.3. The molecule has 0 amide bonds. The molecule has 0 atom stereocenters. The summed E-state index contributed by atoms with van der Waals surface area (Å²) >= 11 is 0. The van der Waals surface area contributed by atoms with Crippen LogP contribution in [0.4, 0.5) is 19.0 Å². The number of benzene rings is 1. The fraction of sp³-hybridized carbons (Fsp3) is 0.154. The Morgan fingerprint density at radius 2 is 1.96 bits per heavy atom. The SMILES string of the molecule is Cn1cnc([N+](=O)[O-])c1-n1cnc(-c2cccc(C(F)(F)F)c2)n1. The lowest BCUT2D eigenvalue weighted by atomic mass is 10.1. The number of hydrogen-bond acceptors (Lipinski definition) is 5. The van der Waals surface area contributed by atoms with Crippen LogP contribution < -0.4 is 0 Å². The van der Waals surface area contributed by atoms with Gasteiger partial charge in [0.05, 0.1) is 5.56 Å². The molecule has 11 heteroatoms. The van der Waals surface area contributed by atoms with Crippen molar-refractivity contribution < 1.29 is 18.1 Å². The van der Waals surface area contributed by atoms with Gasteiger partial charge in [-0.2, -0.15) is 17.9 Å². The van der Waals surface area contributed by atoms with Gasteiger partial charge < -0.3 is 10.1 Å². The van der Waals surface area contributed by atoms with Gasteiger partial charge in [0.25, 0.3) is 0 Å². The van der Waals surface area contributed by atoms with Gasteiger partial charge in [-0.3, -0.25) is 4.57 Å². The maximum atomic E-state index is 12.8. The van der Waals surface area contributed by atoms with Crippen molar-refractivity contribution >= 4 is 5.82 Å². The first-order valence-corrected chi connectivity index (χ1v) is 6.53. The molecule has 2 aromatic heterocycles. The van der Waals surface area contributed by atoms with Crippen molar-refractivity contribution in [2.45, 2.75) is 6.18 Å². The molecule has 24 heavy (non-hydrogen) atoms. The Morgan fingerprint density at radius 3 is 2.62 bits per heavy atom. The molecule has 124 valence electrons. The molecule has 8 nitrogen and oxygen atoms in total. The van der Waals surface area contributed by atoms with Crippen molar-refractivity contribution in [1.29, 1.82) is 0 Å². The topological polar surface area (TPSA) is 91.7 Å². The summed E-state index contributed by atoms with van der Waals surface area (Å²) in [6, 6.07) is 4.52. The van der Waals surface area contributed by atoms with Crippen molar-refractivity contribution in [3.8, 4) is 17.2 Å². The van der Waals surface area contributed by atoms with E-state index in [0.717, 1.165) is 16.8 Å². The molecule has 3 aromatic rings. The largest absolute Gasteiger partial charge is 0.416 e. The van der Waals surface area contributed by atoms with E-state index in [9.17, 15) is 23.3 Å². The van der Waals surface area contributed by atoms with Crippen molar-refractivity contribution in [2.24, 2.45) is 7.05 Å². The van der Waals surface area contributed by atoms with E-state index in [1.807, 2.05) is 0 Å². The smallest absolute Gasteiger partial charge is 0.358 e. The normalized spacial score (nSPS) is 11.7. The van der Waals surface area contributed by atoms with Crippen LogP contribution in [0.2, 0.25) is 0 Å². The third-order valence-corrected chi connectivity index (χ3v) is 3.22. The maximum Gasteiger partial charge on any atom is 0.416 e. The van der Waals surface area contributed by atoms with Crippen LogP contribution in [-0.4, -0.2) is 29.2 Å². The number of imidazole rings is 1. The monoisotopic (exact) mass is 338 g/mol. The lowest BCUT2D eigenvalue weighted by molar-refractivity contribution is -0.389. The number of aryl methyl sites for hydroxylation is 1. The van der Waals surface area contributed by atoms with Gasteiger partial charge >= 0.3 is 12.0 Å². The lowest BCUT2D eigenvalue weighted by Gasteiger charge is -2.06. The van der Waals surface area contributed by atoms with Gasteiger partial charge in [0.1, 0.15) is 6.33 Å². The minimum absolute atomic E-state index is 0.0107. The van der Waals surface area contributed by atoms with Crippen LogP contribution >= 0.6 is 0 Å².